The highest BCUT2D eigenvalue weighted by Gasteiger charge is 2.27. The normalized spacial score (nSPS) is 14.5. The van der Waals surface area contributed by atoms with E-state index < -0.39 is 38.1 Å². The maximum atomic E-state index is 13.0. The first kappa shape index (κ1) is 27.9. The van der Waals surface area contributed by atoms with E-state index in [1.807, 2.05) is 6.92 Å². The van der Waals surface area contributed by atoms with Crippen LogP contribution in [0.25, 0.3) is 0 Å². The standard InChI is InChI=1S/C22H28N4O7S3/c1-13-8-9-16(15(10-13)20(29)14-6-4-5-7-14)24-18(27)11-19(28)26-22-25-17(12-23-36(3,32)33)21(34-22)35(2,30)31/h8-10,14,23H,4-7,11-12H2,1-3H3,(H,24,27)(H,25,26,28). The van der Waals surface area contributed by atoms with Crippen molar-refractivity contribution >= 4 is 59.6 Å². The summed E-state index contributed by atoms with van der Waals surface area (Å²) in [4.78, 5) is 42.0. The SMILES string of the molecule is Cc1ccc(NC(=O)CC(=O)Nc2nc(CNS(C)(=O)=O)c(S(C)(=O)=O)s2)c(C(=O)C2CCCC2)c1. The van der Waals surface area contributed by atoms with E-state index in [2.05, 4.69) is 20.3 Å². The van der Waals surface area contributed by atoms with Gasteiger partial charge in [-0.15, -0.1) is 0 Å². The zero-order chi connectivity index (χ0) is 26.7. The molecule has 36 heavy (non-hydrogen) atoms. The fourth-order valence-corrected chi connectivity index (χ4v) is 6.39. The second kappa shape index (κ2) is 11.2. The van der Waals surface area contributed by atoms with Gasteiger partial charge >= 0.3 is 0 Å². The van der Waals surface area contributed by atoms with Gasteiger partial charge in [0.1, 0.15) is 10.6 Å². The Kier molecular flexibility index (Phi) is 8.64. The van der Waals surface area contributed by atoms with Crippen LogP contribution >= 0.6 is 11.3 Å². The lowest BCUT2D eigenvalue weighted by atomic mass is 9.94. The van der Waals surface area contributed by atoms with E-state index in [9.17, 15) is 31.2 Å². The number of sulfonamides is 1. The first-order valence-electron chi connectivity index (χ1n) is 11.1. The topological polar surface area (TPSA) is 168 Å². The van der Waals surface area contributed by atoms with Crippen LogP contribution in [0.5, 0.6) is 0 Å². The molecule has 0 unspecified atom stereocenters. The quantitative estimate of drug-likeness (QED) is 0.296. The number of rotatable bonds is 10. The minimum Gasteiger partial charge on any atom is -0.325 e. The Labute approximate surface area is 214 Å². The molecular weight excluding hydrogens is 528 g/mol. The molecule has 0 spiro atoms. The third kappa shape index (κ3) is 7.66. The highest BCUT2D eigenvalue weighted by atomic mass is 32.2. The molecular formula is C22H28N4O7S3. The van der Waals surface area contributed by atoms with Crippen LogP contribution in [0, 0.1) is 12.8 Å². The number of sulfone groups is 1. The Morgan fingerprint density at radius 2 is 1.67 bits per heavy atom. The number of nitrogens with one attached hydrogen (secondary N) is 3. The predicted molar refractivity (Wildman–Crippen MR) is 136 cm³/mol. The van der Waals surface area contributed by atoms with Crippen LogP contribution in [-0.4, -0.2) is 51.9 Å². The number of ketones is 1. The van der Waals surface area contributed by atoms with Gasteiger partial charge in [-0.3, -0.25) is 14.4 Å². The molecule has 11 nitrogen and oxygen atoms in total. The molecule has 2 aromatic rings. The Hall–Kier alpha value is -2.68. The van der Waals surface area contributed by atoms with Gasteiger partial charge in [0, 0.05) is 17.7 Å². The zero-order valence-electron chi connectivity index (χ0n) is 20.1. The maximum absolute atomic E-state index is 13.0. The van der Waals surface area contributed by atoms with Crippen molar-refractivity contribution < 1.29 is 31.2 Å². The zero-order valence-corrected chi connectivity index (χ0v) is 22.5. The number of hydrogen-bond acceptors (Lipinski definition) is 9. The largest absolute Gasteiger partial charge is 0.325 e. The molecule has 0 saturated heterocycles. The Bertz CT molecular complexity index is 1390. The van der Waals surface area contributed by atoms with Gasteiger partial charge in [-0.2, -0.15) is 0 Å². The van der Waals surface area contributed by atoms with Gasteiger partial charge in [0.25, 0.3) is 0 Å². The molecule has 0 radical (unpaired) electrons. The van der Waals surface area contributed by atoms with E-state index in [-0.39, 0.29) is 33.3 Å². The minimum atomic E-state index is -3.74. The molecule has 1 aliphatic rings. The number of aromatic nitrogens is 1. The molecule has 2 amide bonds. The molecule has 196 valence electrons. The molecule has 1 aliphatic carbocycles. The van der Waals surface area contributed by atoms with Crippen molar-refractivity contribution in [2.24, 2.45) is 5.92 Å². The maximum Gasteiger partial charge on any atom is 0.235 e. The third-order valence-electron chi connectivity index (χ3n) is 5.51. The molecule has 1 heterocycles. The first-order chi connectivity index (χ1) is 16.7. The summed E-state index contributed by atoms with van der Waals surface area (Å²) in [5.74, 6) is -1.51. The number of amides is 2. The van der Waals surface area contributed by atoms with E-state index in [1.165, 1.54) is 0 Å². The van der Waals surface area contributed by atoms with Gasteiger partial charge in [0.05, 0.1) is 24.2 Å². The average Bonchev–Trinajstić information content (AvgIpc) is 3.42. The predicted octanol–water partition coefficient (Wildman–Crippen LogP) is 2.24. The Morgan fingerprint density at radius 3 is 2.28 bits per heavy atom. The summed E-state index contributed by atoms with van der Waals surface area (Å²) >= 11 is 0.656. The summed E-state index contributed by atoms with van der Waals surface area (Å²) < 4.78 is 48.8. The van der Waals surface area contributed by atoms with Crippen LogP contribution < -0.4 is 15.4 Å². The van der Waals surface area contributed by atoms with Crippen LogP contribution in [0.15, 0.2) is 22.4 Å². The number of nitrogens with zero attached hydrogens (tertiary/aromatic N) is 1. The lowest BCUT2D eigenvalue weighted by molar-refractivity contribution is -0.123. The highest BCUT2D eigenvalue weighted by Crippen LogP contribution is 2.31. The van der Waals surface area contributed by atoms with Crippen molar-refractivity contribution in [1.82, 2.24) is 9.71 Å². The molecule has 1 fully saturated rings. The number of anilines is 2. The summed E-state index contributed by atoms with van der Waals surface area (Å²) in [6, 6.07) is 5.12. The van der Waals surface area contributed by atoms with Gasteiger partial charge in [-0.05, 0) is 31.9 Å². The van der Waals surface area contributed by atoms with Crippen molar-refractivity contribution in [2.45, 2.75) is 49.8 Å². The molecule has 1 aromatic heterocycles. The fraction of sp³-hybridized carbons (Fsp3) is 0.455. The molecule has 0 bridgehead atoms. The molecule has 0 aliphatic heterocycles. The summed E-state index contributed by atoms with van der Waals surface area (Å²) in [6.07, 6.45) is 4.87. The number of carbonyl (C=O) groups is 3. The number of Topliss-reactive ketones (excluding diaryl/α,β-unsaturated/α-hetero) is 1. The summed E-state index contributed by atoms with van der Waals surface area (Å²) in [5.41, 5.74) is 1.55. The average molecular weight is 557 g/mol. The Morgan fingerprint density at radius 1 is 1.03 bits per heavy atom. The van der Waals surface area contributed by atoms with Crippen molar-refractivity contribution in [3.8, 4) is 0 Å². The second-order valence-electron chi connectivity index (χ2n) is 8.79. The van der Waals surface area contributed by atoms with Crippen molar-refractivity contribution in [2.75, 3.05) is 23.1 Å². The molecule has 1 saturated carbocycles. The van der Waals surface area contributed by atoms with E-state index >= 15 is 0 Å². The number of carbonyl (C=O) groups excluding carboxylic acids is 3. The monoisotopic (exact) mass is 556 g/mol. The van der Waals surface area contributed by atoms with E-state index in [0.717, 1.165) is 43.8 Å². The van der Waals surface area contributed by atoms with E-state index in [1.54, 1.807) is 18.2 Å². The smallest absolute Gasteiger partial charge is 0.235 e. The molecule has 1 aromatic carbocycles. The molecule has 3 rings (SSSR count). The van der Waals surface area contributed by atoms with Crippen molar-refractivity contribution in [3.63, 3.8) is 0 Å². The molecule has 14 heteroatoms. The second-order valence-corrected chi connectivity index (χ2v) is 13.8. The summed E-state index contributed by atoms with van der Waals surface area (Å²) in [7, 11) is -7.35. The fourth-order valence-electron chi connectivity index (χ4n) is 3.87. The third-order valence-corrected chi connectivity index (χ3v) is 9.05. The van der Waals surface area contributed by atoms with E-state index in [4.69, 9.17) is 0 Å². The Balaban J connectivity index is 1.69. The van der Waals surface area contributed by atoms with Gasteiger partial charge in [-0.1, -0.05) is 35.8 Å². The molecule has 3 N–H and O–H groups in total. The number of thiazole rings is 1. The van der Waals surface area contributed by atoms with Crippen LogP contribution in [-0.2, 0) is 36.0 Å². The summed E-state index contributed by atoms with van der Waals surface area (Å²) in [6.45, 7) is 1.47. The van der Waals surface area contributed by atoms with Crippen LogP contribution in [0.2, 0.25) is 0 Å². The minimum absolute atomic E-state index is 0.0257. The highest BCUT2D eigenvalue weighted by molar-refractivity contribution is 7.93. The summed E-state index contributed by atoms with van der Waals surface area (Å²) in [5, 5.41) is 4.91. The van der Waals surface area contributed by atoms with Crippen LogP contribution in [0.1, 0.15) is 53.7 Å². The number of hydrogen-bond donors (Lipinski definition) is 3. The number of aryl methyl sites for hydroxylation is 1. The van der Waals surface area contributed by atoms with Gasteiger partial charge in [0.15, 0.2) is 20.8 Å². The molecule has 0 atom stereocenters. The van der Waals surface area contributed by atoms with Crippen LogP contribution in [0.4, 0.5) is 10.8 Å². The number of benzene rings is 1. The van der Waals surface area contributed by atoms with Crippen LogP contribution in [0.3, 0.4) is 0 Å². The lowest BCUT2D eigenvalue weighted by Gasteiger charge is -2.14. The van der Waals surface area contributed by atoms with Crippen molar-refractivity contribution in [1.29, 1.82) is 0 Å². The van der Waals surface area contributed by atoms with Crippen molar-refractivity contribution in [3.05, 3.63) is 35.0 Å². The van der Waals surface area contributed by atoms with Gasteiger partial charge < -0.3 is 10.6 Å². The first-order valence-corrected chi connectivity index (χ1v) is 15.7. The van der Waals surface area contributed by atoms with Gasteiger partial charge in [-0.25, -0.2) is 26.5 Å². The van der Waals surface area contributed by atoms with Gasteiger partial charge in [0.2, 0.25) is 21.8 Å². The van der Waals surface area contributed by atoms with E-state index in [0.29, 0.717) is 22.6 Å². The lowest BCUT2D eigenvalue weighted by Crippen LogP contribution is -2.23.